The predicted octanol–water partition coefficient (Wildman–Crippen LogP) is 2.07. The minimum atomic E-state index is 0.0297. The molecule has 2 aromatic rings. The Kier molecular flexibility index (Phi) is 4.31. The van der Waals surface area contributed by atoms with Crippen LogP contribution in [0.2, 0.25) is 0 Å². The number of thiazole rings is 1. The second-order valence-electron chi connectivity index (χ2n) is 5.26. The summed E-state index contributed by atoms with van der Waals surface area (Å²) < 4.78 is 0. The van der Waals surface area contributed by atoms with Crippen LogP contribution in [0.4, 0.5) is 0 Å². The van der Waals surface area contributed by atoms with Crippen LogP contribution in [0.25, 0.3) is 0 Å². The van der Waals surface area contributed by atoms with Crippen LogP contribution < -0.4 is 10.6 Å². The van der Waals surface area contributed by atoms with Crippen molar-refractivity contribution in [2.24, 2.45) is 0 Å². The first-order valence-corrected chi connectivity index (χ1v) is 8.12. The summed E-state index contributed by atoms with van der Waals surface area (Å²) in [5.74, 6) is 0.0297. The predicted molar refractivity (Wildman–Crippen MR) is 84.7 cm³/mol. The Bertz CT molecular complexity index is 651. The summed E-state index contributed by atoms with van der Waals surface area (Å²) in [6.45, 7) is 4.42. The Morgan fingerprint density at radius 1 is 1.48 bits per heavy atom. The second kappa shape index (κ2) is 6.37. The standard InChI is InChI=1S/C16H19N3OS/c1-11-10-21-15(19-11)6-8-18-16(20)14-4-2-3-12-9-17-7-5-13(12)14/h2-4,10,17H,5-9H2,1H3,(H,18,20). The lowest BCUT2D eigenvalue weighted by molar-refractivity contribution is 0.0953. The lowest BCUT2D eigenvalue weighted by Crippen LogP contribution is -2.30. The fraction of sp³-hybridized carbons (Fsp3) is 0.375. The maximum absolute atomic E-state index is 12.4. The van der Waals surface area contributed by atoms with E-state index in [4.69, 9.17) is 0 Å². The molecule has 5 heteroatoms. The van der Waals surface area contributed by atoms with Crippen molar-refractivity contribution in [2.45, 2.75) is 26.3 Å². The van der Waals surface area contributed by atoms with Gasteiger partial charge in [0.05, 0.1) is 5.01 Å². The van der Waals surface area contributed by atoms with Crippen LogP contribution in [0.5, 0.6) is 0 Å². The van der Waals surface area contributed by atoms with Crippen molar-refractivity contribution in [3.05, 3.63) is 51.0 Å². The molecule has 3 rings (SSSR count). The first-order chi connectivity index (χ1) is 10.2. The van der Waals surface area contributed by atoms with E-state index in [2.05, 4.69) is 21.7 Å². The molecule has 21 heavy (non-hydrogen) atoms. The van der Waals surface area contributed by atoms with E-state index in [-0.39, 0.29) is 5.91 Å². The molecule has 0 fully saturated rings. The third-order valence-electron chi connectivity index (χ3n) is 3.68. The highest BCUT2D eigenvalue weighted by Crippen LogP contribution is 2.18. The minimum Gasteiger partial charge on any atom is -0.352 e. The van der Waals surface area contributed by atoms with Gasteiger partial charge in [-0.2, -0.15) is 0 Å². The first-order valence-electron chi connectivity index (χ1n) is 7.25. The average Bonchev–Trinajstić information content (AvgIpc) is 2.92. The smallest absolute Gasteiger partial charge is 0.251 e. The molecule has 2 heterocycles. The Morgan fingerprint density at radius 3 is 3.19 bits per heavy atom. The molecule has 0 atom stereocenters. The number of rotatable bonds is 4. The van der Waals surface area contributed by atoms with Crippen molar-refractivity contribution >= 4 is 17.2 Å². The number of benzene rings is 1. The number of hydrogen-bond donors (Lipinski definition) is 2. The number of nitrogens with one attached hydrogen (secondary N) is 2. The maximum Gasteiger partial charge on any atom is 0.251 e. The lowest BCUT2D eigenvalue weighted by atomic mass is 9.95. The average molecular weight is 301 g/mol. The van der Waals surface area contributed by atoms with Crippen LogP contribution >= 0.6 is 11.3 Å². The monoisotopic (exact) mass is 301 g/mol. The minimum absolute atomic E-state index is 0.0297. The third-order valence-corrected chi connectivity index (χ3v) is 4.70. The number of hydrogen-bond acceptors (Lipinski definition) is 4. The van der Waals surface area contributed by atoms with Gasteiger partial charge in [0.2, 0.25) is 0 Å². The van der Waals surface area contributed by atoms with E-state index in [1.807, 2.05) is 24.4 Å². The number of aromatic nitrogens is 1. The summed E-state index contributed by atoms with van der Waals surface area (Å²) in [4.78, 5) is 16.8. The number of aryl methyl sites for hydroxylation is 1. The molecule has 0 saturated carbocycles. The van der Waals surface area contributed by atoms with Gasteiger partial charge in [-0.3, -0.25) is 4.79 Å². The molecule has 1 aromatic carbocycles. The Labute approximate surface area is 128 Å². The highest BCUT2D eigenvalue weighted by Gasteiger charge is 2.16. The first kappa shape index (κ1) is 14.2. The van der Waals surface area contributed by atoms with Crippen molar-refractivity contribution in [1.29, 1.82) is 0 Å². The van der Waals surface area contributed by atoms with Crippen LogP contribution in [-0.2, 0) is 19.4 Å². The normalized spacial score (nSPS) is 13.8. The van der Waals surface area contributed by atoms with Gasteiger partial charge in [0.1, 0.15) is 0 Å². The summed E-state index contributed by atoms with van der Waals surface area (Å²) >= 11 is 1.65. The molecule has 2 N–H and O–H groups in total. The number of nitrogens with zero attached hydrogens (tertiary/aromatic N) is 1. The largest absolute Gasteiger partial charge is 0.352 e. The van der Waals surface area contributed by atoms with Gasteiger partial charge < -0.3 is 10.6 Å². The van der Waals surface area contributed by atoms with Crippen molar-refractivity contribution in [1.82, 2.24) is 15.6 Å². The zero-order valence-electron chi connectivity index (χ0n) is 12.1. The summed E-state index contributed by atoms with van der Waals surface area (Å²) in [7, 11) is 0. The lowest BCUT2D eigenvalue weighted by Gasteiger charge is -2.19. The zero-order valence-corrected chi connectivity index (χ0v) is 12.9. The fourth-order valence-electron chi connectivity index (χ4n) is 2.64. The molecule has 1 aliphatic heterocycles. The number of carbonyl (C=O) groups is 1. The van der Waals surface area contributed by atoms with Gasteiger partial charge in [-0.25, -0.2) is 4.98 Å². The van der Waals surface area contributed by atoms with Crippen molar-refractivity contribution in [3.63, 3.8) is 0 Å². The van der Waals surface area contributed by atoms with E-state index in [1.165, 1.54) is 11.1 Å². The molecule has 0 unspecified atom stereocenters. The Balaban J connectivity index is 1.63. The molecular weight excluding hydrogens is 282 g/mol. The van der Waals surface area contributed by atoms with Gasteiger partial charge in [-0.05, 0) is 37.1 Å². The van der Waals surface area contributed by atoms with Gasteiger partial charge in [0, 0.05) is 36.1 Å². The summed E-state index contributed by atoms with van der Waals surface area (Å²) in [5.41, 5.74) is 4.30. The molecule has 1 aliphatic rings. The van der Waals surface area contributed by atoms with Crippen LogP contribution in [0.3, 0.4) is 0 Å². The summed E-state index contributed by atoms with van der Waals surface area (Å²) in [5, 5.41) is 9.47. The van der Waals surface area contributed by atoms with Crippen molar-refractivity contribution in [3.8, 4) is 0 Å². The molecule has 4 nitrogen and oxygen atoms in total. The van der Waals surface area contributed by atoms with Crippen LogP contribution in [-0.4, -0.2) is 24.0 Å². The van der Waals surface area contributed by atoms with Crippen molar-refractivity contribution < 1.29 is 4.79 Å². The SMILES string of the molecule is Cc1csc(CCNC(=O)c2cccc3c2CCNC3)n1. The van der Waals surface area contributed by atoms with Gasteiger partial charge in [-0.15, -0.1) is 11.3 Å². The van der Waals surface area contributed by atoms with Gasteiger partial charge in [-0.1, -0.05) is 12.1 Å². The maximum atomic E-state index is 12.4. The summed E-state index contributed by atoms with van der Waals surface area (Å²) in [6, 6.07) is 5.98. The van der Waals surface area contributed by atoms with Gasteiger partial charge in [0.25, 0.3) is 5.91 Å². The molecule has 0 bridgehead atoms. The van der Waals surface area contributed by atoms with Gasteiger partial charge in [0.15, 0.2) is 0 Å². The van der Waals surface area contributed by atoms with Crippen LogP contribution in [0, 0.1) is 6.92 Å². The highest BCUT2D eigenvalue weighted by molar-refractivity contribution is 7.09. The van der Waals surface area contributed by atoms with E-state index >= 15 is 0 Å². The molecule has 0 spiro atoms. The molecule has 0 radical (unpaired) electrons. The Morgan fingerprint density at radius 2 is 2.38 bits per heavy atom. The molecular formula is C16H19N3OS. The number of carbonyl (C=O) groups excluding carboxylic acids is 1. The molecule has 0 aliphatic carbocycles. The number of amides is 1. The van der Waals surface area contributed by atoms with E-state index < -0.39 is 0 Å². The molecule has 1 aromatic heterocycles. The third kappa shape index (κ3) is 3.31. The van der Waals surface area contributed by atoms with Crippen LogP contribution in [0.1, 0.15) is 32.2 Å². The fourth-order valence-corrected chi connectivity index (χ4v) is 3.42. The van der Waals surface area contributed by atoms with E-state index in [1.54, 1.807) is 11.3 Å². The van der Waals surface area contributed by atoms with E-state index in [0.717, 1.165) is 42.2 Å². The van der Waals surface area contributed by atoms with E-state index in [9.17, 15) is 4.79 Å². The molecule has 110 valence electrons. The van der Waals surface area contributed by atoms with Crippen molar-refractivity contribution in [2.75, 3.05) is 13.1 Å². The van der Waals surface area contributed by atoms with Gasteiger partial charge >= 0.3 is 0 Å². The van der Waals surface area contributed by atoms with Crippen LogP contribution in [0.15, 0.2) is 23.6 Å². The summed E-state index contributed by atoms with van der Waals surface area (Å²) in [6.07, 6.45) is 1.71. The van der Waals surface area contributed by atoms with E-state index in [0.29, 0.717) is 6.54 Å². The topological polar surface area (TPSA) is 54.0 Å². The number of fused-ring (bicyclic) bond motifs is 1. The molecule has 1 amide bonds. The molecule has 0 saturated heterocycles. The Hall–Kier alpha value is -1.72. The second-order valence-corrected chi connectivity index (χ2v) is 6.20. The quantitative estimate of drug-likeness (QED) is 0.909. The zero-order chi connectivity index (χ0) is 14.7. The highest BCUT2D eigenvalue weighted by atomic mass is 32.1.